The quantitative estimate of drug-likeness (QED) is 0.790. The summed E-state index contributed by atoms with van der Waals surface area (Å²) in [6.07, 6.45) is 7.95. The summed E-state index contributed by atoms with van der Waals surface area (Å²) in [5.41, 5.74) is 9.07. The van der Waals surface area contributed by atoms with Gasteiger partial charge in [-0.15, -0.1) is 0 Å². The molecule has 120 valence electrons. The number of carbonyl (C=O) groups is 1. The molecule has 2 aromatic rings. The number of hydrogen-bond acceptors (Lipinski definition) is 2. The third kappa shape index (κ3) is 4.13. The fourth-order valence-corrected chi connectivity index (χ4v) is 3.30. The zero-order valence-electron chi connectivity index (χ0n) is 13.4. The smallest absolute Gasteiger partial charge is 0.255 e. The lowest BCUT2D eigenvalue weighted by atomic mass is 9.97. The lowest BCUT2D eigenvalue weighted by Gasteiger charge is -2.10. The van der Waals surface area contributed by atoms with Gasteiger partial charge in [0.25, 0.3) is 5.91 Å². The number of nitrogens with two attached hydrogens (primary N) is 1. The van der Waals surface area contributed by atoms with E-state index in [1.54, 1.807) is 6.07 Å². The predicted molar refractivity (Wildman–Crippen MR) is 95.5 cm³/mol. The van der Waals surface area contributed by atoms with Gasteiger partial charge in [-0.3, -0.25) is 4.79 Å². The minimum Gasteiger partial charge on any atom is -0.397 e. The predicted octanol–water partition coefficient (Wildman–Crippen LogP) is 4.64. The Labute approximate surface area is 137 Å². The Morgan fingerprint density at radius 2 is 1.74 bits per heavy atom. The summed E-state index contributed by atoms with van der Waals surface area (Å²) in [5.74, 6) is 0.782. The highest BCUT2D eigenvalue weighted by atomic mass is 16.1. The Kier molecular flexibility index (Phi) is 4.96. The standard InChI is InChI=1S/C20H24N2O/c21-18-7-3-4-8-19(18)22-20(23)17-13-11-16(12-14-17)10-9-15-5-1-2-6-15/h3-4,7-8,11-15H,1-2,5-6,9-10,21H2,(H,22,23). The number of rotatable bonds is 5. The maximum absolute atomic E-state index is 12.3. The number of para-hydroxylation sites is 2. The summed E-state index contributed by atoms with van der Waals surface area (Å²) in [4.78, 5) is 12.3. The summed E-state index contributed by atoms with van der Waals surface area (Å²) >= 11 is 0. The van der Waals surface area contributed by atoms with Crippen LogP contribution in [0, 0.1) is 5.92 Å². The van der Waals surface area contributed by atoms with Crippen molar-refractivity contribution in [1.82, 2.24) is 0 Å². The molecule has 3 rings (SSSR count). The number of carbonyl (C=O) groups excluding carboxylic acids is 1. The first-order chi connectivity index (χ1) is 11.2. The Hall–Kier alpha value is -2.29. The topological polar surface area (TPSA) is 55.1 Å². The van der Waals surface area contributed by atoms with Crippen LogP contribution in [0.15, 0.2) is 48.5 Å². The molecule has 1 aliphatic rings. The van der Waals surface area contributed by atoms with Gasteiger partial charge in [0.2, 0.25) is 0 Å². The van der Waals surface area contributed by atoms with Crippen molar-refractivity contribution in [1.29, 1.82) is 0 Å². The number of amides is 1. The normalized spacial score (nSPS) is 14.8. The fraction of sp³-hybridized carbons (Fsp3) is 0.350. The molecule has 2 aromatic carbocycles. The first-order valence-corrected chi connectivity index (χ1v) is 8.47. The van der Waals surface area contributed by atoms with E-state index in [0.29, 0.717) is 16.9 Å². The fourth-order valence-electron chi connectivity index (χ4n) is 3.30. The molecule has 1 fully saturated rings. The van der Waals surface area contributed by atoms with Crippen LogP contribution in [-0.4, -0.2) is 5.91 Å². The van der Waals surface area contributed by atoms with Crippen molar-refractivity contribution in [2.24, 2.45) is 5.92 Å². The van der Waals surface area contributed by atoms with Crippen LogP contribution in [0.2, 0.25) is 0 Å². The lowest BCUT2D eigenvalue weighted by Crippen LogP contribution is -2.13. The summed E-state index contributed by atoms with van der Waals surface area (Å²) in [6.45, 7) is 0. The maximum atomic E-state index is 12.3. The monoisotopic (exact) mass is 308 g/mol. The molecule has 0 atom stereocenters. The molecule has 0 heterocycles. The van der Waals surface area contributed by atoms with E-state index in [1.165, 1.54) is 37.7 Å². The van der Waals surface area contributed by atoms with E-state index in [2.05, 4.69) is 17.4 Å². The van der Waals surface area contributed by atoms with E-state index in [1.807, 2.05) is 30.3 Å². The Morgan fingerprint density at radius 1 is 1.04 bits per heavy atom. The summed E-state index contributed by atoms with van der Waals surface area (Å²) in [5, 5.41) is 2.86. The van der Waals surface area contributed by atoms with Crippen LogP contribution in [0.5, 0.6) is 0 Å². The van der Waals surface area contributed by atoms with Crippen LogP contribution in [0.25, 0.3) is 0 Å². The molecule has 0 unspecified atom stereocenters. The zero-order valence-corrected chi connectivity index (χ0v) is 13.4. The van der Waals surface area contributed by atoms with Gasteiger partial charge in [-0.25, -0.2) is 0 Å². The van der Waals surface area contributed by atoms with E-state index in [4.69, 9.17) is 5.73 Å². The molecule has 0 spiro atoms. The second-order valence-electron chi connectivity index (χ2n) is 6.43. The highest BCUT2D eigenvalue weighted by Crippen LogP contribution is 2.28. The van der Waals surface area contributed by atoms with Gasteiger partial charge >= 0.3 is 0 Å². The third-order valence-electron chi connectivity index (χ3n) is 4.74. The van der Waals surface area contributed by atoms with Crippen molar-refractivity contribution in [2.75, 3.05) is 11.1 Å². The van der Waals surface area contributed by atoms with E-state index in [-0.39, 0.29) is 5.91 Å². The van der Waals surface area contributed by atoms with Gasteiger partial charge in [0, 0.05) is 5.56 Å². The highest BCUT2D eigenvalue weighted by Gasteiger charge is 2.14. The third-order valence-corrected chi connectivity index (χ3v) is 4.74. The van der Waals surface area contributed by atoms with Crippen molar-refractivity contribution >= 4 is 17.3 Å². The molecule has 3 N–H and O–H groups in total. The molecule has 0 bridgehead atoms. The molecular weight excluding hydrogens is 284 g/mol. The van der Waals surface area contributed by atoms with Gasteiger partial charge in [0.15, 0.2) is 0 Å². The zero-order chi connectivity index (χ0) is 16.1. The molecule has 0 saturated heterocycles. The van der Waals surface area contributed by atoms with Crippen LogP contribution in [0.4, 0.5) is 11.4 Å². The second kappa shape index (κ2) is 7.32. The van der Waals surface area contributed by atoms with Crippen molar-refractivity contribution < 1.29 is 4.79 Å². The van der Waals surface area contributed by atoms with Crippen LogP contribution in [0.3, 0.4) is 0 Å². The number of benzene rings is 2. The molecule has 1 saturated carbocycles. The molecule has 1 amide bonds. The van der Waals surface area contributed by atoms with Gasteiger partial charge in [0.05, 0.1) is 11.4 Å². The van der Waals surface area contributed by atoms with Crippen LogP contribution in [0.1, 0.15) is 48.0 Å². The van der Waals surface area contributed by atoms with Crippen LogP contribution < -0.4 is 11.1 Å². The van der Waals surface area contributed by atoms with E-state index >= 15 is 0 Å². The van der Waals surface area contributed by atoms with E-state index < -0.39 is 0 Å². The van der Waals surface area contributed by atoms with Gasteiger partial charge in [-0.1, -0.05) is 49.9 Å². The van der Waals surface area contributed by atoms with E-state index in [0.717, 1.165) is 12.3 Å². The number of hydrogen-bond donors (Lipinski definition) is 2. The van der Waals surface area contributed by atoms with Crippen LogP contribution >= 0.6 is 0 Å². The molecule has 3 heteroatoms. The first kappa shape index (κ1) is 15.6. The number of nitrogens with one attached hydrogen (secondary N) is 1. The molecule has 3 nitrogen and oxygen atoms in total. The Balaban J connectivity index is 1.57. The molecular formula is C20H24N2O. The van der Waals surface area contributed by atoms with Crippen molar-refractivity contribution in [3.8, 4) is 0 Å². The van der Waals surface area contributed by atoms with Crippen molar-refractivity contribution in [3.63, 3.8) is 0 Å². The molecule has 23 heavy (non-hydrogen) atoms. The average Bonchev–Trinajstić information content (AvgIpc) is 3.09. The first-order valence-electron chi connectivity index (χ1n) is 8.47. The van der Waals surface area contributed by atoms with Gasteiger partial charge in [-0.05, 0) is 48.6 Å². The largest absolute Gasteiger partial charge is 0.397 e. The molecule has 0 radical (unpaired) electrons. The van der Waals surface area contributed by atoms with E-state index in [9.17, 15) is 4.79 Å². The summed E-state index contributed by atoms with van der Waals surface area (Å²) in [7, 11) is 0. The molecule has 0 aromatic heterocycles. The van der Waals surface area contributed by atoms with Gasteiger partial charge < -0.3 is 11.1 Å². The number of nitrogen functional groups attached to an aromatic ring is 1. The van der Waals surface area contributed by atoms with Gasteiger partial charge in [-0.2, -0.15) is 0 Å². The summed E-state index contributed by atoms with van der Waals surface area (Å²) in [6, 6.07) is 15.2. The SMILES string of the molecule is Nc1ccccc1NC(=O)c1ccc(CCC2CCCC2)cc1. The highest BCUT2D eigenvalue weighted by molar-refractivity contribution is 6.05. The van der Waals surface area contributed by atoms with Gasteiger partial charge in [0.1, 0.15) is 0 Å². The Bertz CT molecular complexity index is 658. The minimum absolute atomic E-state index is 0.120. The van der Waals surface area contributed by atoms with Crippen molar-refractivity contribution in [3.05, 3.63) is 59.7 Å². The minimum atomic E-state index is -0.120. The second-order valence-corrected chi connectivity index (χ2v) is 6.43. The molecule has 0 aliphatic heterocycles. The lowest BCUT2D eigenvalue weighted by molar-refractivity contribution is 0.102. The van der Waals surface area contributed by atoms with Crippen LogP contribution in [-0.2, 0) is 6.42 Å². The number of aryl methyl sites for hydroxylation is 1. The maximum Gasteiger partial charge on any atom is 0.255 e. The van der Waals surface area contributed by atoms with Crippen molar-refractivity contribution in [2.45, 2.75) is 38.5 Å². The molecule has 1 aliphatic carbocycles. The Morgan fingerprint density at radius 3 is 2.43 bits per heavy atom. The summed E-state index contributed by atoms with van der Waals surface area (Å²) < 4.78 is 0. The average molecular weight is 308 g/mol. The number of anilines is 2.